The fourth-order valence-corrected chi connectivity index (χ4v) is 4.24. The summed E-state index contributed by atoms with van der Waals surface area (Å²) in [6.07, 6.45) is 8.31. The maximum Gasteiger partial charge on any atom is 2.00 e. The van der Waals surface area contributed by atoms with Crippen LogP contribution in [0.15, 0.2) is 85.2 Å². The van der Waals surface area contributed by atoms with Crippen molar-refractivity contribution >= 4 is 0 Å². The van der Waals surface area contributed by atoms with Gasteiger partial charge in [-0.1, -0.05) is 73.1 Å². The molecule has 0 fully saturated rings. The van der Waals surface area contributed by atoms with Gasteiger partial charge in [0.05, 0.1) is 11.6 Å². The molecule has 0 aliphatic carbocycles. The number of nitrogens with zero attached hydrogens (tertiary/aromatic N) is 8. The first-order chi connectivity index (χ1) is 18.9. The predicted molar refractivity (Wildman–Crippen MR) is 140 cm³/mol. The largest absolute Gasteiger partial charge is 2.00 e. The fourth-order valence-electron chi connectivity index (χ4n) is 4.24. The smallest absolute Gasteiger partial charge is 0.397 e. The van der Waals surface area contributed by atoms with Crippen LogP contribution >= 0.6 is 0 Å². The molecule has 0 N–H and O–H groups in total. The van der Waals surface area contributed by atoms with E-state index in [4.69, 9.17) is 0 Å². The zero-order valence-corrected chi connectivity index (χ0v) is 23.5. The molecule has 200 valence electrons. The molecule has 0 bridgehead atoms. The van der Waals surface area contributed by atoms with Crippen molar-refractivity contribution in [1.82, 2.24) is 39.0 Å². The summed E-state index contributed by atoms with van der Waals surface area (Å²) < 4.78 is 35.0. The Morgan fingerprint density at radius 1 is 0.625 bits per heavy atom. The van der Waals surface area contributed by atoms with Gasteiger partial charge in [0.15, 0.2) is 0 Å². The topological polar surface area (TPSA) is 87.2 Å². The molecule has 0 radical (unpaired) electrons. The van der Waals surface area contributed by atoms with Gasteiger partial charge in [-0.05, 0) is 48.7 Å². The van der Waals surface area contributed by atoms with Crippen LogP contribution in [0.2, 0.25) is 0 Å². The summed E-state index contributed by atoms with van der Waals surface area (Å²) in [7, 11) is 3.53. The normalized spacial score (nSPS) is 11.3. The van der Waals surface area contributed by atoms with Gasteiger partial charge in [-0.15, -0.1) is 0 Å². The summed E-state index contributed by atoms with van der Waals surface area (Å²) in [5.74, 6) is -2.14. The van der Waals surface area contributed by atoms with Gasteiger partial charge >= 0.3 is 27.0 Å². The quantitative estimate of drug-likeness (QED) is 0.223. The third-order valence-electron chi connectivity index (χ3n) is 6.28. The Morgan fingerprint density at radius 3 is 1.43 bits per heavy atom. The fraction of sp³-hybridized carbons (Fsp3) is 0.103. The average molecular weight is 714 g/mol. The molecule has 4 heterocycles. The van der Waals surface area contributed by atoms with Crippen molar-refractivity contribution in [3.63, 3.8) is 0 Å². The molecule has 6 aromatic rings. The van der Waals surface area contributed by atoms with Crippen molar-refractivity contribution in [2.75, 3.05) is 0 Å². The van der Waals surface area contributed by atoms with Crippen LogP contribution in [-0.4, -0.2) is 39.0 Å². The van der Waals surface area contributed by atoms with Crippen molar-refractivity contribution < 1.29 is 29.8 Å². The van der Waals surface area contributed by atoms with Gasteiger partial charge in [-0.3, -0.25) is 19.9 Å². The van der Waals surface area contributed by atoms with E-state index in [2.05, 4.69) is 42.3 Å². The molecule has 2 aromatic carbocycles. The summed E-state index contributed by atoms with van der Waals surface area (Å²) in [6.45, 7) is 0. The van der Waals surface area contributed by atoms with Crippen LogP contribution in [-0.2, 0) is 41.1 Å². The molecule has 0 unspecified atom stereocenters. The number of hydrogen-bond donors (Lipinski definition) is 0. The number of imidazole rings is 2. The Hall–Kier alpha value is -4.43. The molecule has 40 heavy (non-hydrogen) atoms. The number of rotatable bonds is 6. The number of alkyl halides is 2. The van der Waals surface area contributed by atoms with Gasteiger partial charge in [0.2, 0.25) is 0 Å². The summed E-state index contributed by atoms with van der Waals surface area (Å²) in [5, 5.41) is 0. The van der Waals surface area contributed by atoms with E-state index in [0.29, 0.717) is 23.0 Å². The summed E-state index contributed by atoms with van der Waals surface area (Å²) in [5.41, 5.74) is 1.47. The minimum atomic E-state index is -3.53. The van der Waals surface area contributed by atoms with Crippen LogP contribution in [0.5, 0.6) is 0 Å². The van der Waals surface area contributed by atoms with Gasteiger partial charge in [0.25, 0.3) is 0 Å². The van der Waals surface area contributed by atoms with Crippen LogP contribution in [0.25, 0.3) is 45.8 Å². The van der Waals surface area contributed by atoms with Crippen LogP contribution in [0.1, 0.15) is 11.4 Å². The summed E-state index contributed by atoms with van der Waals surface area (Å²) in [6, 6.07) is 21.3. The third-order valence-corrected chi connectivity index (χ3v) is 6.28. The van der Waals surface area contributed by atoms with Crippen LogP contribution in [0.3, 0.4) is 0 Å². The molecule has 4 aromatic heterocycles. The van der Waals surface area contributed by atoms with Crippen molar-refractivity contribution in [3.05, 3.63) is 109 Å². The average Bonchev–Trinajstić information content (AvgIpc) is 3.56. The Bertz CT molecular complexity index is 1640. The first-order valence-corrected chi connectivity index (χ1v) is 12.0. The van der Waals surface area contributed by atoms with Crippen molar-refractivity contribution in [2.45, 2.75) is 5.92 Å². The number of halogens is 2. The van der Waals surface area contributed by atoms with Crippen LogP contribution in [0.4, 0.5) is 8.78 Å². The van der Waals surface area contributed by atoms with E-state index >= 15 is 8.78 Å². The molecule has 0 aliphatic rings. The molecular weight excluding hydrogens is 693 g/mol. The van der Waals surface area contributed by atoms with E-state index < -0.39 is 17.3 Å². The third kappa shape index (κ3) is 4.86. The summed E-state index contributed by atoms with van der Waals surface area (Å²) in [4.78, 5) is 25.4. The standard InChI is InChI=1S/C29H20F2N8.Pt/c1-38-21(17-34-27(38)19-9-5-3-6-10-19)25-32-15-13-23(36-25)29(30,31)24-14-16-33-26(37-24)22-18-35-28(39(22)2)20-11-7-4-8-12-20;/h3-16H,1-2H3;/q-2;+2. The number of hydrogen-bond acceptors (Lipinski definition) is 6. The molecule has 0 saturated carbocycles. The molecular formula is C29H20F2N8Pt. The van der Waals surface area contributed by atoms with Crippen LogP contribution in [0, 0.1) is 12.4 Å². The van der Waals surface area contributed by atoms with E-state index in [1.807, 2.05) is 60.7 Å². The van der Waals surface area contributed by atoms with Gasteiger partial charge in [-0.2, -0.15) is 8.78 Å². The second kappa shape index (κ2) is 11.0. The zero-order valence-electron chi connectivity index (χ0n) is 21.2. The Balaban J connectivity index is 0.00000323. The Labute approximate surface area is 243 Å². The zero-order chi connectivity index (χ0) is 27.0. The predicted octanol–water partition coefficient (Wildman–Crippen LogP) is 5.14. The monoisotopic (exact) mass is 713 g/mol. The molecule has 8 nitrogen and oxygen atoms in total. The second-order valence-electron chi connectivity index (χ2n) is 8.75. The number of aromatic nitrogens is 8. The van der Waals surface area contributed by atoms with E-state index in [9.17, 15) is 0 Å². The number of benzene rings is 2. The second-order valence-corrected chi connectivity index (χ2v) is 8.75. The first kappa shape index (κ1) is 27.1. The molecule has 0 atom stereocenters. The van der Waals surface area contributed by atoms with Crippen molar-refractivity contribution in [1.29, 1.82) is 0 Å². The van der Waals surface area contributed by atoms with E-state index in [-0.39, 0.29) is 32.7 Å². The van der Waals surface area contributed by atoms with E-state index in [1.54, 1.807) is 23.2 Å². The Morgan fingerprint density at radius 2 is 1.02 bits per heavy atom. The van der Waals surface area contributed by atoms with Gasteiger partial charge < -0.3 is 19.1 Å². The molecule has 0 spiro atoms. The summed E-state index contributed by atoms with van der Waals surface area (Å²) >= 11 is 0. The van der Waals surface area contributed by atoms with Gasteiger partial charge in [-0.25, -0.2) is 0 Å². The molecule has 0 saturated heterocycles. The van der Waals surface area contributed by atoms with E-state index in [1.165, 1.54) is 24.5 Å². The SMILES string of the molecule is Cn1c(-c2nccc(C(F)(F)c3ccnc(-c4[c-]nc(-c5ccccc5)n4C)n3)n2)[c-]nc1-c1ccccc1.[Pt+2]. The first-order valence-electron chi connectivity index (χ1n) is 12.0. The maximum absolute atomic E-state index is 15.8. The minimum Gasteiger partial charge on any atom is -0.397 e. The maximum atomic E-state index is 15.8. The molecule has 6 rings (SSSR count). The van der Waals surface area contributed by atoms with E-state index in [0.717, 1.165) is 11.1 Å². The van der Waals surface area contributed by atoms with Crippen molar-refractivity contribution in [2.24, 2.45) is 14.1 Å². The molecule has 11 heteroatoms. The minimum absolute atomic E-state index is 0. The van der Waals surface area contributed by atoms with Gasteiger partial charge in [0.1, 0.15) is 11.4 Å². The molecule has 0 aliphatic heterocycles. The van der Waals surface area contributed by atoms with Gasteiger partial charge in [0, 0.05) is 24.0 Å². The van der Waals surface area contributed by atoms with Crippen LogP contribution < -0.4 is 0 Å². The van der Waals surface area contributed by atoms with Crippen molar-refractivity contribution in [3.8, 4) is 45.8 Å². The molecule has 0 amide bonds. The Kier molecular flexibility index (Phi) is 7.45.